The van der Waals surface area contributed by atoms with Gasteiger partial charge in [-0.05, 0) is 43.7 Å². The number of hydrogen-bond donors (Lipinski definition) is 2. The second-order valence-electron chi connectivity index (χ2n) is 6.87. The van der Waals surface area contributed by atoms with Gasteiger partial charge in [-0.2, -0.15) is 0 Å². The van der Waals surface area contributed by atoms with Crippen molar-refractivity contribution in [2.75, 3.05) is 11.4 Å². The van der Waals surface area contributed by atoms with Crippen LogP contribution >= 0.6 is 0 Å². The van der Waals surface area contributed by atoms with Crippen molar-refractivity contribution < 1.29 is 22.7 Å². The summed E-state index contributed by atoms with van der Waals surface area (Å²) in [5.41, 5.74) is 1.39. The van der Waals surface area contributed by atoms with E-state index in [9.17, 15) is 18.0 Å². The van der Waals surface area contributed by atoms with E-state index in [4.69, 9.17) is 9.88 Å². The molecule has 0 bridgehead atoms. The zero-order valence-electron chi connectivity index (χ0n) is 16.2. The van der Waals surface area contributed by atoms with Crippen molar-refractivity contribution in [1.82, 2.24) is 5.32 Å². The lowest BCUT2D eigenvalue weighted by Gasteiger charge is -2.32. The molecule has 0 saturated heterocycles. The van der Waals surface area contributed by atoms with Gasteiger partial charge in [-0.1, -0.05) is 24.3 Å². The zero-order chi connectivity index (χ0) is 21.2. The van der Waals surface area contributed by atoms with Crippen molar-refractivity contribution in [2.45, 2.75) is 37.3 Å². The van der Waals surface area contributed by atoms with E-state index in [0.717, 1.165) is 5.56 Å². The summed E-state index contributed by atoms with van der Waals surface area (Å²) in [6.07, 6.45) is -0.490. The van der Waals surface area contributed by atoms with Crippen LogP contribution in [0.2, 0.25) is 0 Å². The number of carbonyl (C=O) groups excluding carboxylic acids is 2. The number of nitrogens with zero attached hydrogens (tertiary/aromatic N) is 1. The van der Waals surface area contributed by atoms with Gasteiger partial charge in [0.05, 0.1) is 16.6 Å². The molecule has 3 N–H and O–H groups in total. The fraction of sp³-hybridized carbons (Fsp3) is 0.300. The van der Waals surface area contributed by atoms with Gasteiger partial charge in [-0.15, -0.1) is 0 Å². The summed E-state index contributed by atoms with van der Waals surface area (Å²) in [5.74, 6) is 0.198. The molecule has 0 aliphatic carbocycles. The average molecular weight is 417 g/mol. The minimum absolute atomic E-state index is 0.0124. The molecule has 1 heterocycles. The molecule has 0 unspecified atom stereocenters. The van der Waals surface area contributed by atoms with Gasteiger partial charge in [0.15, 0.2) is 6.10 Å². The Bertz CT molecular complexity index is 1020. The molecule has 0 aromatic heterocycles. The SMILES string of the molecule is C[C@@H]1Oc2ccccc2N(CCC(=O)N[C@@H](C)c2ccc(S(N)(=O)=O)cc2)C1=O. The van der Waals surface area contributed by atoms with Crippen LogP contribution in [-0.2, 0) is 19.6 Å². The number of anilines is 1. The van der Waals surface area contributed by atoms with Gasteiger partial charge < -0.3 is 15.0 Å². The largest absolute Gasteiger partial charge is 0.479 e. The van der Waals surface area contributed by atoms with E-state index >= 15 is 0 Å². The maximum atomic E-state index is 12.5. The van der Waals surface area contributed by atoms with Crippen LogP contribution in [-0.4, -0.2) is 32.9 Å². The minimum Gasteiger partial charge on any atom is -0.479 e. The summed E-state index contributed by atoms with van der Waals surface area (Å²) in [6, 6.07) is 12.9. The van der Waals surface area contributed by atoms with E-state index in [0.29, 0.717) is 11.4 Å². The first-order chi connectivity index (χ1) is 13.7. The number of benzene rings is 2. The standard InChI is InChI=1S/C20H23N3O5S/c1-13(15-7-9-16(10-8-15)29(21,26)27)22-19(24)11-12-23-17-5-3-4-6-18(17)28-14(2)20(23)25/h3-10,13-14H,11-12H2,1-2H3,(H,22,24)(H2,21,26,27)/t13-,14-/m0/s1. The quantitative estimate of drug-likeness (QED) is 0.742. The van der Waals surface area contributed by atoms with E-state index < -0.39 is 16.1 Å². The topological polar surface area (TPSA) is 119 Å². The average Bonchev–Trinajstić information content (AvgIpc) is 2.67. The number of fused-ring (bicyclic) bond motifs is 1. The Morgan fingerprint density at radius 3 is 2.52 bits per heavy atom. The molecule has 2 amide bonds. The Morgan fingerprint density at radius 1 is 1.21 bits per heavy atom. The molecule has 29 heavy (non-hydrogen) atoms. The van der Waals surface area contributed by atoms with E-state index in [1.165, 1.54) is 12.1 Å². The van der Waals surface area contributed by atoms with Crippen LogP contribution in [0.25, 0.3) is 0 Å². The predicted octanol–water partition coefficient (Wildman–Crippen LogP) is 1.72. The lowest BCUT2D eigenvalue weighted by atomic mass is 10.1. The number of para-hydroxylation sites is 2. The highest BCUT2D eigenvalue weighted by atomic mass is 32.2. The van der Waals surface area contributed by atoms with Crippen LogP contribution in [0.15, 0.2) is 53.4 Å². The summed E-state index contributed by atoms with van der Waals surface area (Å²) in [4.78, 5) is 26.4. The highest BCUT2D eigenvalue weighted by Gasteiger charge is 2.31. The molecule has 154 valence electrons. The van der Waals surface area contributed by atoms with Crippen LogP contribution in [0, 0.1) is 0 Å². The first kappa shape index (κ1) is 20.8. The van der Waals surface area contributed by atoms with Gasteiger partial charge in [-0.25, -0.2) is 13.6 Å². The normalized spacial score (nSPS) is 17.3. The van der Waals surface area contributed by atoms with Crippen molar-refractivity contribution in [3.05, 3.63) is 54.1 Å². The van der Waals surface area contributed by atoms with Crippen LogP contribution in [0.4, 0.5) is 5.69 Å². The van der Waals surface area contributed by atoms with Crippen molar-refractivity contribution >= 4 is 27.5 Å². The molecule has 1 aliphatic heterocycles. The zero-order valence-corrected chi connectivity index (χ0v) is 17.0. The van der Waals surface area contributed by atoms with Gasteiger partial charge in [0.1, 0.15) is 5.75 Å². The van der Waals surface area contributed by atoms with E-state index in [1.807, 2.05) is 12.1 Å². The minimum atomic E-state index is -3.76. The molecule has 0 spiro atoms. The Morgan fingerprint density at radius 2 is 1.86 bits per heavy atom. The Kier molecular flexibility index (Phi) is 5.90. The number of ether oxygens (including phenoxy) is 1. The first-order valence-corrected chi connectivity index (χ1v) is 10.7. The molecule has 3 rings (SSSR count). The summed E-state index contributed by atoms with van der Waals surface area (Å²) in [7, 11) is -3.76. The van der Waals surface area contributed by atoms with E-state index in [2.05, 4.69) is 5.32 Å². The number of nitrogens with two attached hydrogens (primary N) is 1. The number of nitrogens with one attached hydrogen (secondary N) is 1. The molecule has 0 fully saturated rings. The predicted molar refractivity (Wildman–Crippen MR) is 108 cm³/mol. The smallest absolute Gasteiger partial charge is 0.267 e. The number of primary sulfonamides is 1. The third-order valence-corrected chi connectivity index (χ3v) is 5.65. The van der Waals surface area contributed by atoms with Crippen LogP contribution in [0.5, 0.6) is 5.75 Å². The Labute approximate surface area is 169 Å². The van der Waals surface area contributed by atoms with Crippen molar-refractivity contribution in [3.8, 4) is 5.75 Å². The van der Waals surface area contributed by atoms with Crippen LogP contribution in [0.3, 0.4) is 0 Å². The summed E-state index contributed by atoms with van der Waals surface area (Å²) in [6.45, 7) is 3.70. The number of sulfonamides is 1. The van der Waals surface area contributed by atoms with Gasteiger partial charge in [0.2, 0.25) is 15.9 Å². The summed E-state index contributed by atoms with van der Waals surface area (Å²) >= 11 is 0. The fourth-order valence-corrected chi connectivity index (χ4v) is 3.66. The third-order valence-electron chi connectivity index (χ3n) is 4.72. The maximum absolute atomic E-state index is 12.5. The Hall–Kier alpha value is -2.91. The van der Waals surface area contributed by atoms with E-state index in [1.54, 1.807) is 43.0 Å². The highest BCUT2D eigenvalue weighted by Crippen LogP contribution is 2.33. The van der Waals surface area contributed by atoms with Gasteiger partial charge in [-0.3, -0.25) is 9.59 Å². The molecular formula is C20H23N3O5S. The third kappa shape index (κ3) is 4.75. The molecule has 2 atom stereocenters. The number of amides is 2. The lowest BCUT2D eigenvalue weighted by Crippen LogP contribution is -2.45. The monoisotopic (exact) mass is 417 g/mol. The second kappa shape index (κ2) is 8.22. The second-order valence-corrected chi connectivity index (χ2v) is 8.43. The highest BCUT2D eigenvalue weighted by molar-refractivity contribution is 7.89. The lowest BCUT2D eigenvalue weighted by molar-refractivity contribution is -0.125. The number of hydrogen-bond acceptors (Lipinski definition) is 5. The van der Waals surface area contributed by atoms with Crippen molar-refractivity contribution in [2.24, 2.45) is 5.14 Å². The molecule has 8 nitrogen and oxygen atoms in total. The molecular weight excluding hydrogens is 394 g/mol. The maximum Gasteiger partial charge on any atom is 0.267 e. The summed E-state index contributed by atoms with van der Waals surface area (Å²) in [5, 5.41) is 7.95. The molecule has 2 aromatic rings. The van der Waals surface area contributed by atoms with Crippen LogP contribution < -0.4 is 20.1 Å². The number of rotatable bonds is 6. The fourth-order valence-electron chi connectivity index (χ4n) is 3.15. The van der Waals surface area contributed by atoms with Crippen LogP contribution in [0.1, 0.15) is 31.9 Å². The Balaban J connectivity index is 1.62. The van der Waals surface area contributed by atoms with Crippen molar-refractivity contribution in [3.63, 3.8) is 0 Å². The van der Waals surface area contributed by atoms with Gasteiger partial charge in [0, 0.05) is 13.0 Å². The van der Waals surface area contributed by atoms with Crippen molar-refractivity contribution in [1.29, 1.82) is 0 Å². The summed E-state index contributed by atoms with van der Waals surface area (Å²) < 4.78 is 28.3. The number of carbonyl (C=O) groups is 2. The van der Waals surface area contributed by atoms with Gasteiger partial charge >= 0.3 is 0 Å². The van der Waals surface area contributed by atoms with E-state index in [-0.39, 0.29) is 35.7 Å². The van der Waals surface area contributed by atoms with Gasteiger partial charge in [0.25, 0.3) is 5.91 Å². The molecule has 0 saturated carbocycles. The molecule has 1 aliphatic rings. The molecule has 0 radical (unpaired) electrons. The first-order valence-electron chi connectivity index (χ1n) is 9.16. The molecule has 2 aromatic carbocycles. The molecule has 9 heteroatoms.